The SMILES string of the molecule is CN(C)CC(=O)N1CC=C(Cl)C=c2[nH]c3c(c21)CN=NC=3C1CCC(Oc2ccccc2)CC1. The lowest BCUT2D eigenvalue weighted by molar-refractivity contribution is -0.119. The summed E-state index contributed by atoms with van der Waals surface area (Å²) >= 11 is 6.43. The first-order valence-corrected chi connectivity index (χ1v) is 12.2. The number of carbonyl (C=O) groups is 1. The molecule has 0 bridgehead atoms. The molecule has 7 nitrogen and oxygen atoms in total. The number of aromatic amines is 1. The van der Waals surface area contributed by atoms with Crippen LogP contribution in [0.5, 0.6) is 5.75 Å². The second-order valence-corrected chi connectivity index (χ2v) is 9.84. The van der Waals surface area contributed by atoms with E-state index in [-0.39, 0.29) is 12.0 Å². The third kappa shape index (κ3) is 4.68. The average molecular weight is 480 g/mol. The van der Waals surface area contributed by atoms with Crippen LogP contribution in [-0.2, 0) is 11.3 Å². The summed E-state index contributed by atoms with van der Waals surface area (Å²) in [6, 6.07) is 10.0. The molecule has 178 valence electrons. The van der Waals surface area contributed by atoms with Crippen LogP contribution >= 0.6 is 11.6 Å². The molecule has 5 rings (SSSR count). The molecule has 0 atom stereocenters. The molecular formula is C26H30ClN5O2. The highest BCUT2D eigenvalue weighted by Gasteiger charge is 2.30. The summed E-state index contributed by atoms with van der Waals surface area (Å²) in [5.41, 5.74) is 2.90. The van der Waals surface area contributed by atoms with Gasteiger partial charge in [-0.1, -0.05) is 29.8 Å². The molecule has 1 amide bonds. The Hall–Kier alpha value is -2.90. The van der Waals surface area contributed by atoms with E-state index in [2.05, 4.69) is 15.2 Å². The normalized spacial score (nSPS) is 21.9. The Kier molecular flexibility index (Phi) is 6.57. The van der Waals surface area contributed by atoms with E-state index in [9.17, 15) is 4.79 Å². The Morgan fingerprint density at radius 1 is 1.21 bits per heavy atom. The maximum absolute atomic E-state index is 13.1. The van der Waals surface area contributed by atoms with Crippen LogP contribution in [0.2, 0.25) is 0 Å². The molecule has 2 aromatic rings. The van der Waals surface area contributed by atoms with Crippen molar-refractivity contribution < 1.29 is 9.53 Å². The molecule has 1 aliphatic carbocycles. The number of fused-ring (bicyclic) bond motifs is 3. The van der Waals surface area contributed by atoms with Crippen LogP contribution in [0.3, 0.4) is 0 Å². The largest absolute Gasteiger partial charge is 0.490 e. The number of benzene rings is 1. The van der Waals surface area contributed by atoms with Crippen LogP contribution < -0.4 is 20.3 Å². The Bertz CT molecular complexity index is 1240. The molecule has 1 fully saturated rings. The number of hydrogen-bond acceptors (Lipinski definition) is 5. The number of amides is 1. The van der Waals surface area contributed by atoms with E-state index in [0.29, 0.717) is 30.6 Å². The minimum absolute atomic E-state index is 0.0340. The number of allylic oxidation sites excluding steroid dienone is 1. The summed E-state index contributed by atoms with van der Waals surface area (Å²) in [5.74, 6) is 1.26. The zero-order valence-corrected chi connectivity index (χ0v) is 20.4. The van der Waals surface area contributed by atoms with Crippen molar-refractivity contribution in [1.29, 1.82) is 0 Å². The molecule has 1 aromatic heterocycles. The third-order valence-electron chi connectivity index (χ3n) is 6.65. The molecule has 0 unspecified atom stereocenters. The predicted molar refractivity (Wildman–Crippen MR) is 134 cm³/mol. The molecule has 8 heteroatoms. The number of carbonyl (C=O) groups excluding carboxylic acids is 1. The number of nitrogens with one attached hydrogen (secondary N) is 1. The maximum Gasteiger partial charge on any atom is 0.241 e. The van der Waals surface area contributed by atoms with Crippen LogP contribution in [0, 0.1) is 5.92 Å². The maximum atomic E-state index is 13.1. The first kappa shape index (κ1) is 22.9. The first-order valence-electron chi connectivity index (χ1n) is 11.9. The van der Waals surface area contributed by atoms with E-state index >= 15 is 0 Å². The van der Waals surface area contributed by atoms with Crippen LogP contribution in [0.25, 0.3) is 11.8 Å². The predicted octanol–water partition coefficient (Wildman–Crippen LogP) is 3.54. The number of ether oxygens (including phenoxy) is 1. The highest BCUT2D eigenvalue weighted by Crippen LogP contribution is 2.34. The summed E-state index contributed by atoms with van der Waals surface area (Å²) in [4.78, 5) is 20.3. The molecular weight excluding hydrogens is 450 g/mol. The number of halogens is 1. The van der Waals surface area contributed by atoms with Gasteiger partial charge in [0.1, 0.15) is 5.75 Å². The first-order chi connectivity index (χ1) is 16.5. The van der Waals surface area contributed by atoms with E-state index in [4.69, 9.17) is 16.3 Å². The van der Waals surface area contributed by atoms with Crippen molar-refractivity contribution in [3.8, 4) is 5.75 Å². The number of rotatable bonds is 5. The highest BCUT2D eigenvalue weighted by atomic mass is 35.5. The fourth-order valence-corrected chi connectivity index (χ4v) is 5.23. The van der Waals surface area contributed by atoms with E-state index in [1.54, 1.807) is 0 Å². The van der Waals surface area contributed by atoms with Crippen molar-refractivity contribution in [2.75, 3.05) is 32.1 Å². The van der Waals surface area contributed by atoms with Gasteiger partial charge in [-0.3, -0.25) is 4.79 Å². The second-order valence-electron chi connectivity index (χ2n) is 9.41. The summed E-state index contributed by atoms with van der Waals surface area (Å²) < 4.78 is 6.18. The molecule has 1 N–H and O–H groups in total. The van der Waals surface area contributed by atoms with Crippen LogP contribution in [0.1, 0.15) is 31.2 Å². The fraction of sp³-hybridized carbons (Fsp3) is 0.423. The summed E-state index contributed by atoms with van der Waals surface area (Å²) in [6.45, 7) is 1.22. The van der Waals surface area contributed by atoms with Gasteiger partial charge in [0, 0.05) is 23.1 Å². The smallest absolute Gasteiger partial charge is 0.241 e. The van der Waals surface area contributed by atoms with Gasteiger partial charge in [-0.2, -0.15) is 10.2 Å². The minimum atomic E-state index is 0.0340. The van der Waals surface area contributed by atoms with Gasteiger partial charge >= 0.3 is 0 Å². The second kappa shape index (κ2) is 9.76. The van der Waals surface area contributed by atoms with Crippen molar-refractivity contribution in [2.45, 2.75) is 38.3 Å². The lowest BCUT2D eigenvalue weighted by atomic mass is 9.84. The zero-order valence-electron chi connectivity index (χ0n) is 19.6. The summed E-state index contributed by atoms with van der Waals surface area (Å²) in [7, 11) is 3.80. The standard InChI is InChI=1S/C26H30ClN5O2/c1-31(2)16-23(33)32-13-12-18(27)14-22-26(32)21-15-28-30-24(25(21)29-22)17-8-10-20(11-9-17)34-19-6-4-3-5-7-19/h3-7,12,14,17,20,29H,8-11,13,15-16H2,1-2H3. The van der Waals surface area contributed by atoms with Crippen molar-refractivity contribution in [3.05, 3.63) is 57.7 Å². The highest BCUT2D eigenvalue weighted by molar-refractivity contribution is 6.34. The van der Waals surface area contributed by atoms with Crippen molar-refractivity contribution in [3.63, 3.8) is 0 Å². The van der Waals surface area contributed by atoms with E-state index in [1.165, 1.54) is 0 Å². The molecule has 0 radical (unpaired) electrons. The molecule has 1 aromatic carbocycles. The third-order valence-corrected chi connectivity index (χ3v) is 6.91. The van der Waals surface area contributed by atoms with E-state index in [0.717, 1.165) is 59.1 Å². The van der Waals surface area contributed by atoms with Crippen molar-refractivity contribution >= 4 is 35.0 Å². The minimum Gasteiger partial charge on any atom is -0.490 e. The zero-order chi connectivity index (χ0) is 23.7. The van der Waals surface area contributed by atoms with Gasteiger partial charge in [-0.05, 0) is 64.1 Å². The Balaban J connectivity index is 1.45. The number of hydrogen-bond donors (Lipinski definition) is 1. The fourth-order valence-electron chi connectivity index (χ4n) is 5.05. The number of nitrogens with zero attached hydrogens (tertiary/aromatic N) is 4. The van der Waals surface area contributed by atoms with Crippen molar-refractivity contribution in [2.24, 2.45) is 16.1 Å². The molecule has 2 aliphatic heterocycles. The van der Waals surface area contributed by atoms with E-state index in [1.807, 2.05) is 66.4 Å². The van der Waals surface area contributed by atoms with Gasteiger partial charge in [0.25, 0.3) is 0 Å². The van der Waals surface area contributed by atoms with Crippen molar-refractivity contribution in [1.82, 2.24) is 9.88 Å². The van der Waals surface area contributed by atoms with Gasteiger partial charge in [-0.25, -0.2) is 0 Å². The Morgan fingerprint density at radius 3 is 2.71 bits per heavy atom. The topological polar surface area (TPSA) is 73.3 Å². The van der Waals surface area contributed by atoms with Gasteiger partial charge in [0.05, 0.1) is 41.3 Å². The number of aromatic nitrogens is 1. The number of likely N-dealkylation sites (N-methyl/N-ethyl adjacent to an activating group) is 1. The molecule has 0 spiro atoms. The molecule has 3 aliphatic rings. The van der Waals surface area contributed by atoms with Crippen LogP contribution in [0.4, 0.5) is 5.69 Å². The number of azo groups is 1. The average Bonchev–Trinajstić information content (AvgIpc) is 3.08. The van der Waals surface area contributed by atoms with Crippen LogP contribution in [0.15, 0.2) is 51.7 Å². The Labute approximate surface area is 204 Å². The van der Waals surface area contributed by atoms with Gasteiger partial charge < -0.3 is 19.5 Å². The quantitative estimate of drug-likeness (QED) is 0.712. The van der Waals surface area contributed by atoms with Gasteiger partial charge in [0.15, 0.2) is 0 Å². The number of para-hydroxylation sites is 1. The lowest BCUT2D eigenvalue weighted by Gasteiger charge is -2.29. The lowest BCUT2D eigenvalue weighted by Crippen LogP contribution is -2.40. The molecule has 0 saturated heterocycles. The van der Waals surface area contributed by atoms with Gasteiger partial charge in [0.2, 0.25) is 5.91 Å². The Morgan fingerprint density at radius 2 is 1.97 bits per heavy atom. The molecule has 3 heterocycles. The molecule has 34 heavy (non-hydrogen) atoms. The summed E-state index contributed by atoms with van der Waals surface area (Å²) in [5, 5.41) is 11.5. The van der Waals surface area contributed by atoms with E-state index < -0.39 is 0 Å². The van der Waals surface area contributed by atoms with Crippen LogP contribution in [-0.4, -0.2) is 49.1 Å². The number of H-pyrrole nitrogens is 1. The monoisotopic (exact) mass is 479 g/mol. The number of anilines is 1. The summed E-state index contributed by atoms with van der Waals surface area (Å²) in [6.07, 6.45) is 7.92. The van der Waals surface area contributed by atoms with Gasteiger partial charge in [-0.15, -0.1) is 0 Å². The molecule has 1 saturated carbocycles.